The summed E-state index contributed by atoms with van der Waals surface area (Å²) in [4.78, 5) is 22.3. The van der Waals surface area contributed by atoms with Crippen molar-refractivity contribution in [2.75, 3.05) is 12.3 Å². The van der Waals surface area contributed by atoms with Crippen LogP contribution in [-0.4, -0.2) is 17.4 Å². The van der Waals surface area contributed by atoms with Crippen LogP contribution in [0.25, 0.3) is 0 Å². The first-order valence-corrected chi connectivity index (χ1v) is 7.36. The van der Waals surface area contributed by atoms with Crippen LogP contribution in [-0.2, 0) is 0 Å². The number of nitrogens with zero attached hydrogens (tertiary/aromatic N) is 1. The Morgan fingerprint density at radius 1 is 1.38 bits per heavy atom. The highest BCUT2D eigenvalue weighted by molar-refractivity contribution is 5.95. The zero-order chi connectivity index (χ0) is 15.0. The van der Waals surface area contributed by atoms with Crippen LogP contribution in [0, 0.1) is 27.9 Å². The first-order valence-electron chi connectivity index (χ1n) is 7.36. The zero-order valence-corrected chi connectivity index (χ0v) is 11.7. The van der Waals surface area contributed by atoms with Gasteiger partial charge in [0.2, 0.25) is 0 Å². The standard InChI is InChI=1S/C15H19N3O3/c16-13-7-11(3-4-14(13)18(20)21)15(19)17-8-12-6-9-1-2-10(12)5-9/h3-4,7,9-10,12H,1-2,5-6,8,16H2,(H,17,19). The van der Waals surface area contributed by atoms with Crippen molar-refractivity contribution < 1.29 is 9.72 Å². The number of hydrogen-bond acceptors (Lipinski definition) is 4. The molecule has 2 aliphatic rings. The number of nitrogens with one attached hydrogen (secondary N) is 1. The number of fused-ring (bicyclic) bond motifs is 2. The van der Waals surface area contributed by atoms with E-state index in [0.29, 0.717) is 18.0 Å². The van der Waals surface area contributed by atoms with Crippen molar-refractivity contribution in [2.45, 2.75) is 25.7 Å². The van der Waals surface area contributed by atoms with Gasteiger partial charge < -0.3 is 11.1 Å². The Bertz CT molecular complexity index is 588. The molecular formula is C15H19N3O3. The summed E-state index contributed by atoms with van der Waals surface area (Å²) in [5.74, 6) is 1.99. The van der Waals surface area contributed by atoms with Gasteiger partial charge in [0.25, 0.3) is 11.6 Å². The molecule has 1 aromatic carbocycles. The van der Waals surface area contributed by atoms with Gasteiger partial charge >= 0.3 is 0 Å². The molecule has 0 aliphatic heterocycles. The summed E-state index contributed by atoms with van der Waals surface area (Å²) in [7, 11) is 0. The van der Waals surface area contributed by atoms with Crippen molar-refractivity contribution in [3.05, 3.63) is 33.9 Å². The average molecular weight is 289 g/mol. The summed E-state index contributed by atoms with van der Waals surface area (Å²) in [6.07, 6.45) is 5.15. The molecule has 3 rings (SSSR count). The van der Waals surface area contributed by atoms with E-state index in [1.54, 1.807) is 0 Å². The zero-order valence-electron chi connectivity index (χ0n) is 11.7. The van der Waals surface area contributed by atoms with Gasteiger partial charge in [0, 0.05) is 18.2 Å². The minimum atomic E-state index is -0.549. The van der Waals surface area contributed by atoms with Crippen LogP contribution in [0.3, 0.4) is 0 Å². The van der Waals surface area contributed by atoms with Crippen LogP contribution in [0.15, 0.2) is 18.2 Å². The third-order valence-corrected chi connectivity index (χ3v) is 4.90. The summed E-state index contributed by atoms with van der Waals surface area (Å²) >= 11 is 0. The van der Waals surface area contributed by atoms with Crippen LogP contribution < -0.4 is 11.1 Å². The van der Waals surface area contributed by atoms with E-state index in [-0.39, 0.29) is 17.3 Å². The van der Waals surface area contributed by atoms with E-state index >= 15 is 0 Å². The molecule has 6 nitrogen and oxygen atoms in total. The summed E-state index contributed by atoms with van der Waals surface area (Å²) in [6, 6.07) is 4.10. The molecule has 2 bridgehead atoms. The largest absolute Gasteiger partial charge is 0.393 e. The minimum Gasteiger partial charge on any atom is -0.393 e. The Morgan fingerprint density at radius 2 is 2.19 bits per heavy atom. The minimum absolute atomic E-state index is 0.0209. The quantitative estimate of drug-likeness (QED) is 0.505. The van der Waals surface area contributed by atoms with Crippen LogP contribution >= 0.6 is 0 Å². The van der Waals surface area contributed by atoms with Gasteiger partial charge in [-0.2, -0.15) is 0 Å². The molecule has 1 aromatic rings. The fourth-order valence-corrected chi connectivity index (χ4v) is 3.81. The van der Waals surface area contributed by atoms with E-state index < -0.39 is 4.92 Å². The lowest BCUT2D eigenvalue weighted by Gasteiger charge is -2.21. The highest BCUT2D eigenvalue weighted by Crippen LogP contribution is 2.47. The maximum absolute atomic E-state index is 12.1. The second kappa shape index (κ2) is 5.35. The first kappa shape index (κ1) is 13.9. The normalized spacial score (nSPS) is 26.8. The van der Waals surface area contributed by atoms with Crippen LogP contribution in [0.2, 0.25) is 0 Å². The molecule has 1 amide bonds. The molecule has 0 aromatic heterocycles. The summed E-state index contributed by atoms with van der Waals surface area (Å²) in [5, 5.41) is 13.6. The van der Waals surface area contributed by atoms with Crippen molar-refractivity contribution in [1.29, 1.82) is 0 Å². The van der Waals surface area contributed by atoms with Gasteiger partial charge in [-0.05, 0) is 49.1 Å². The van der Waals surface area contributed by atoms with Crippen molar-refractivity contribution >= 4 is 17.3 Å². The number of nitrogen functional groups attached to an aromatic ring is 1. The van der Waals surface area contributed by atoms with E-state index in [0.717, 1.165) is 11.8 Å². The molecule has 6 heteroatoms. The molecule has 2 aliphatic carbocycles. The first-order chi connectivity index (χ1) is 10.0. The van der Waals surface area contributed by atoms with Crippen molar-refractivity contribution in [2.24, 2.45) is 17.8 Å². The number of carbonyl (C=O) groups excluding carboxylic acids is 1. The molecule has 0 spiro atoms. The molecule has 0 saturated heterocycles. The van der Waals surface area contributed by atoms with Gasteiger partial charge in [0.05, 0.1) is 4.92 Å². The molecule has 2 saturated carbocycles. The number of carbonyl (C=O) groups is 1. The summed E-state index contributed by atoms with van der Waals surface area (Å²) < 4.78 is 0. The van der Waals surface area contributed by atoms with E-state index in [4.69, 9.17) is 5.73 Å². The Morgan fingerprint density at radius 3 is 2.76 bits per heavy atom. The molecule has 3 N–H and O–H groups in total. The number of benzene rings is 1. The SMILES string of the molecule is Nc1cc(C(=O)NCC2CC3CCC2C3)ccc1[N+](=O)[O-]. The van der Waals surface area contributed by atoms with Crippen LogP contribution in [0.5, 0.6) is 0 Å². The molecule has 0 heterocycles. The second-order valence-corrected chi connectivity index (χ2v) is 6.18. The van der Waals surface area contributed by atoms with Gasteiger partial charge in [-0.25, -0.2) is 0 Å². The smallest absolute Gasteiger partial charge is 0.292 e. The Kier molecular flexibility index (Phi) is 3.53. The van der Waals surface area contributed by atoms with Crippen molar-refractivity contribution in [3.63, 3.8) is 0 Å². The molecule has 112 valence electrons. The van der Waals surface area contributed by atoms with Crippen molar-refractivity contribution in [3.8, 4) is 0 Å². The molecule has 21 heavy (non-hydrogen) atoms. The van der Waals surface area contributed by atoms with Crippen LogP contribution in [0.4, 0.5) is 11.4 Å². The Hall–Kier alpha value is -2.11. The molecule has 3 unspecified atom stereocenters. The maximum Gasteiger partial charge on any atom is 0.292 e. The fourth-order valence-electron chi connectivity index (χ4n) is 3.81. The Balaban J connectivity index is 1.60. The van der Waals surface area contributed by atoms with Gasteiger partial charge in [-0.1, -0.05) is 6.42 Å². The van der Waals surface area contributed by atoms with Gasteiger partial charge in [0.1, 0.15) is 5.69 Å². The number of amides is 1. The molecule has 0 radical (unpaired) electrons. The number of nitro groups is 1. The van der Waals surface area contributed by atoms with Gasteiger partial charge in [-0.3, -0.25) is 14.9 Å². The van der Waals surface area contributed by atoms with E-state index in [1.807, 2.05) is 0 Å². The topological polar surface area (TPSA) is 98.3 Å². The number of anilines is 1. The highest BCUT2D eigenvalue weighted by Gasteiger charge is 2.39. The third-order valence-electron chi connectivity index (χ3n) is 4.90. The number of rotatable bonds is 4. The summed E-state index contributed by atoms with van der Waals surface area (Å²) in [6.45, 7) is 0.691. The van der Waals surface area contributed by atoms with Gasteiger partial charge in [-0.15, -0.1) is 0 Å². The summed E-state index contributed by atoms with van der Waals surface area (Å²) in [5.41, 5.74) is 5.84. The lowest BCUT2D eigenvalue weighted by atomic mass is 9.89. The average Bonchev–Trinajstić information content (AvgIpc) is 3.06. The number of hydrogen-bond donors (Lipinski definition) is 2. The van der Waals surface area contributed by atoms with E-state index in [2.05, 4.69) is 5.32 Å². The van der Waals surface area contributed by atoms with E-state index in [9.17, 15) is 14.9 Å². The lowest BCUT2D eigenvalue weighted by Crippen LogP contribution is -2.31. The second-order valence-electron chi connectivity index (χ2n) is 6.18. The third kappa shape index (κ3) is 2.70. The predicted molar refractivity (Wildman–Crippen MR) is 78.8 cm³/mol. The number of nitrogens with two attached hydrogens (primary N) is 1. The van der Waals surface area contributed by atoms with E-state index in [1.165, 1.54) is 43.9 Å². The lowest BCUT2D eigenvalue weighted by molar-refractivity contribution is -0.383. The van der Waals surface area contributed by atoms with Gasteiger partial charge in [0.15, 0.2) is 0 Å². The fraction of sp³-hybridized carbons (Fsp3) is 0.533. The maximum atomic E-state index is 12.1. The predicted octanol–water partition coefficient (Wildman–Crippen LogP) is 2.34. The monoisotopic (exact) mass is 289 g/mol. The van der Waals surface area contributed by atoms with Crippen LogP contribution in [0.1, 0.15) is 36.0 Å². The molecular weight excluding hydrogens is 270 g/mol. The molecule has 2 fully saturated rings. The molecule has 3 atom stereocenters. The number of nitro benzene ring substituents is 1. The highest BCUT2D eigenvalue weighted by atomic mass is 16.6. The van der Waals surface area contributed by atoms with Crippen molar-refractivity contribution in [1.82, 2.24) is 5.32 Å². The Labute approximate surface area is 122 Å².